The van der Waals surface area contributed by atoms with E-state index >= 15 is 0 Å². The van der Waals surface area contributed by atoms with Crippen molar-refractivity contribution in [1.82, 2.24) is 9.80 Å². The van der Waals surface area contributed by atoms with Gasteiger partial charge in [-0.2, -0.15) is 0 Å². The maximum Gasteiger partial charge on any atom is 0.0228 e. The first-order valence-electron chi connectivity index (χ1n) is 7.56. The summed E-state index contributed by atoms with van der Waals surface area (Å²) in [7, 11) is 0. The highest BCUT2D eigenvalue weighted by Crippen LogP contribution is 2.26. The molecule has 0 saturated carbocycles. The van der Waals surface area contributed by atoms with Gasteiger partial charge in [0.1, 0.15) is 0 Å². The van der Waals surface area contributed by atoms with Gasteiger partial charge in [0.05, 0.1) is 0 Å². The van der Waals surface area contributed by atoms with Crippen molar-refractivity contribution < 1.29 is 0 Å². The van der Waals surface area contributed by atoms with E-state index in [2.05, 4.69) is 30.6 Å². The number of piperidine rings is 2. The highest BCUT2D eigenvalue weighted by molar-refractivity contribution is 4.88. The van der Waals surface area contributed by atoms with Crippen molar-refractivity contribution in [3.8, 4) is 0 Å². The SMILES string of the molecule is CC(C)(C)N1CCCCC1CN1CCCCC1. The Kier molecular flexibility index (Phi) is 4.48. The fraction of sp³-hybridized carbons (Fsp3) is 1.00. The Balaban J connectivity index is 1.91. The lowest BCUT2D eigenvalue weighted by molar-refractivity contribution is 0.0271. The molecule has 2 saturated heterocycles. The first-order valence-corrected chi connectivity index (χ1v) is 7.56. The Labute approximate surface area is 107 Å². The molecule has 0 aliphatic carbocycles. The van der Waals surface area contributed by atoms with Gasteiger partial charge in [0.15, 0.2) is 0 Å². The van der Waals surface area contributed by atoms with Crippen molar-refractivity contribution in [2.75, 3.05) is 26.2 Å². The molecule has 0 aromatic rings. The first kappa shape index (κ1) is 13.4. The van der Waals surface area contributed by atoms with Crippen molar-refractivity contribution in [3.63, 3.8) is 0 Å². The van der Waals surface area contributed by atoms with Gasteiger partial charge in [0.2, 0.25) is 0 Å². The topological polar surface area (TPSA) is 6.48 Å². The number of hydrogen-bond donors (Lipinski definition) is 0. The van der Waals surface area contributed by atoms with Crippen LogP contribution in [0.3, 0.4) is 0 Å². The molecular weight excluding hydrogens is 208 g/mol. The minimum Gasteiger partial charge on any atom is -0.302 e. The van der Waals surface area contributed by atoms with Crippen LogP contribution in [0.1, 0.15) is 59.3 Å². The largest absolute Gasteiger partial charge is 0.302 e. The van der Waals surface area contributed by atoms with Gasteiger partial charge in [-0.3, -0.25) is 4.90 Å². The van der Waals surface area contributed by atoms with Crippen LogP contribution in [0.5, 0.6) is 0 Å². The Morgan fingerprint density at radius 3 is 2.18 bits per heavy atom. The van der Waals surface area contributed by atoms with Gasteiger partial charge in [-0.25, -0.2) is 0 Å². The molecule has 2 aliphatic heterocycles. The van der Waals surface area contributed by atoms with E-state index in [1.54, 1.807) is 0 Å². The predicted octanol–water partition coefficient (Wildman–Crippen LogP) is 3.13. The predicted molar refractivity (Wildman–Crippen MR) is 74.4 cm³/mol. The molecule has 100 valence electrons. The van der Waals surface area contributed by atoms with Crippen molar-refractivity contribution in [2.24, 2.45) is 0 Å². The molecule has 1 atom stereocenters. The number of hydrogen-bond acceptors (Lipinski definition) is 2. The summed E-state index contributed by atoms with van der Waals surface area (Å²) in [6, 6.07) is 0.807. The molecule has 17 heavy (non-hydrogen) atoms. The number of rotatable bonds is 2. The second-order valence-corrected chi connectivity index (χ2v) is 6.88. The summed E-state index contributed by atoms with van der Waals surface area (Å²) in [6.07, 6.45) is 8.53. The highest BCUT2D eigenvalue weighted by Gasteiger charge is 2.32. The Hall–Kier alpha value is -0.0800. The minimum absolute atomic E-state index is 0.348. The lowest BCUT2D eigenvalue weighted by Crippen LogP contribution is -2.55. The average molecular weight is 238 g/mol. The summed E-state index contributed by atoms with van der Waals surface area (Å²) >= 11 is 0. The molecule has 2 heteroatoms. The lowest BCUT2D eigenvalue weighted by Gasteiger charge is -2.46. The molecule has 2 fully saturated rings. The molecule has 0 N–H and O–H groups in total. The van der Waals surface area contributed by atoms with E-state index in [9.17, 15) is 0 Å². The van der Waals surface area contributed by atoms with Gasteiger partial charge in [0.25, 0.3) is 0 Å². The molecule has 0 bridgehead atoms. The van der Waals surface area contributed by atoms with Crippen LogP contribution < -0.4 is 0 Å². The molecule has 0 aromatic carbocycles. The molecule has 0 spiro atoms. The minimum atomic E-state index is 0.348. The van der Waals surface area contributed by atoms with Crippen molar-refractivity contribution >= 4 is 0 Å². The van der Waals surface area contributed by atoms with Crippen LogP contribution in [-0.4, -0.2) is 47.6 Å². The second-order valence-electron chi connectivity index (χ2n) is 6.88. The number of nitrogens with zero attached hydrogens (tertiary/aromatic N) is 2. The van der Waals surface area contributed by atoms with E-state index < -0.39 is 0 Å². The van der Waals surface area contributed by atoms with Gasteiger partial charge >= 0.3 is 0 Å². The fourth-order valence-electron chi connectivity index (χ4n) is 3.51. The molecule has 0 amide bonds. The first-order chi connectivity index (χ1) is 8.07. The molecular formula is C15H30N2. The third-order valence-electron chi connectivity index (χ3n) is 4.41. The van der Waals surface area contributed by atoms with Gasteiger partial charge in [-0.1, -0.05) is 12.8 Å². The standard InChI is InChI=1S/C15H30N2/c1-15(2,3)17-12-8-5-9-14(17)13-16-10-6-4-7-11-16/h14H,4-13H2,1-3H3. The number of likely N-dealkylation sites (tertiary alicyclic amines) is 2. The summed E-state index contributed by atoms with van der Waals surface area (Å²) < 4.78 is 0. The quantitative estimate of drug-likeness (QED) is 0.729. The van der Waals surface area contributed by atoms with Crippen molar-refractivity contribution in [3.05, 3.63) is 0 Å². The normalized spacial score (nSPS) is 29.5. The van der Waals surface area contributed by atoms with Crippen LogP contribution in [0.4, 0.5) is 0 Å². The summed E-state index contributed by atoms with van der Waals surface area (Å²) in [5.41, 5.74) is 0.348. The van der Waals surface area contributed by atoms with Crippen LogP contribution in [0.25, 0.3) is 0 Å². The van der Waals surface area contributed by atoms with E-state index in [-0.39, 0.29) is 0 Å². The van der Waals surface area contributed by atoms with E-state index in [0.717, 1.165) is 6.04 Å². The van der Waals surface area contributed by atoms with Gasteiger partial charge in [-0.05, 0) is 66.1 Å². The third-order valence-corrected chi connectivity index (χ3v) is 4.41. The van der Waals surface area contributed by atoms with Gasteiger partial charge in [-0.15, -0.1) is 0 Å². The second kappa shape index (κ2) is 5.71. The summed E-state index contributed by atoms with van der Waals surface area (Å²) in [5.74, 6) is 0. The molecule has 0 aromatic heterocycles. The smallest absolute Gasteiger partial charge is 0.0228 e. The Morgan fingerprint density at radius 1 is 0.882 bits per heavy atom. The summed E-state index contributed by atoms with van der Waals surface area (Å²) in [4.78, 5) is 5.46. The van der Waals surface area contributed by atoms with Crippen LogP contribution >= 0.6 is 0 Å². The van der Waals surface area contributed by atoms with Crippen LogP contribution in [0, 0.1) is 0 Å². The Morgan fingerprint density at radius 2 is 1.53 bits per heavy atom. The zero-order chi connectivity index (χ0) is 12.3. The molecule has 0 radical (unpaired) electrons. The molecule has 1 unspecified atom stereocenters. The van der Waals surface area contributed by atoms with E-state index in [4.69, 9.17) is 0 Å². The maximum absolute atomic E-state index is 2.76. The average Bonchev–Trinajstić information content (AvgIpc) is 2.30. The van der Waals surface area contributed by atoms with Crippen LogP contribution in [0.15, 0.2) is 0 Å². The third kappa shape index (κ3) is 3.69. The zero-order valence-electron chi connectivity index (χ0n) is 12.0. The van der Waals surface area contributed by atoms with Gasteiger partial charge < -0.3 is 4.90 Å². The van der Waals surface area contributed by atoms with Crippen molar-refractivity contribution in [2.45, 2.75) is 70.9 Å². The highest BCUT2D eigenvalue weighted by atomic mass is 15.3. The molecule has 2 aliphatic rings. The maximum atomic E-state index is 2.76. The van der Waals surface area contributed by atoms with Gasteiger partial charge in [0, 0.05) is 18.1 Å². The summed E-state index contributed by atoms with van der Waals surface area (Å²) in [5, 5.41) is 0. The summed E-state index contributed by atoms with van der Waals surface area (Å²) in [6.45, 7) is 12.4. The molecule has 2 nitrogen and oxygen atoms in total. The van der Waals surface area contributed by atoms with Crippen LogP contribution in [0.2, 0.25) is 0 Å². The van der Waals surface area contributed by atoms with E-state index in [0.29, 0.717) is 5.54 Å². The lowest BCUT2D eigenvalue weighted by atomic mass is 9.94. The van der Waals surface area contributed by atoms with Crippen molar-refractivity contribution in [1.29, 1.82) is 0 Å². The van der Waals surface area contributed by atoms with Crippen LogP contribution in [-0.2, 0) is 0 Å². The zero-order valence-corrected chi connectivity index (χ0v) is 12.0. The monoisotopic (exact) mass is 238 g/mol. The molecule has 2 rings (SSSR count). The Bertz CT molecular complexity index is 226. The van der Waals surface area contributed by atoms with E-state index in [1.807, 2.05) is 0 Å². The molecule has 2 heterocycles. The fourth-order valence-corrected chi connectivity index (χ4v) is 3.51. The van der Waals surface area contributed by atoms with E-state index in [1.165, 1.54) is 64.7 Å².